The lowest BCUT2D eigenvalue weighted by Gasteiger charge is -2.24. The Morgan fingerprint density at radius 2 is 2.57 bits per heavy atom. The third-order valence-corrected chi connectivity index (χ3v) is 4.09. The molecule has 0 radical (unpaired) electrons. The zero-order chi connectivity index (χ0) is 15.5. The first kappa shape index (κ1) is 15.7. The summed E-state index contributed by atoms with van der Waals surface area (Å²) < 4.78 is 21.4. The molecule has 1 aromatic heterocycles. The molecule has 10 heteroatoms. The van der Waals surface area contributed by atoms with Crippen LogP contribution in [0.3, 0.4) is 0 Å². The topological polar surface area (TPSA) is 132 Å². The Balaban J connectivity index is 2.08. The van der Waals surface area contributed by atoms with E-state index in [4.69, 9.17) is 5.73 Å². The normalized spacial score (nSPS) is 20.8. The zero-order valence-electron chi connectivity index (χ0n) is 11.6. The molecule has 0 fully saturated rings. The lowest BCUT2D eigenvalue weighted by molar-refractivity contribution is 0.0996. The van der Waals surface area contributed by atoms with Gasteiger partial charge in [0.25, 0.3) is 5.91 Å². The highest BCUT2D eigenvalue weighted by molar-refractivity contribution is 7.51. The molecule has 4 N–H and O–H groups in total. The van der Waals surface area contributed by atoms with E-state index in [-0.39, 0.29) is 18.3 Å². The van der Waals surface area contributed by atoms with Gasteiger partial charge in [0.2, 0.25) is 5.95 Å². The Kier molecular flexibility index (Phi) is 4.76. The van der Waals surface area contributed by atoms with Crippen molar-refractivity contribution in [2.24, 2.45) is 10.5 Å². The van der Waals surface area contributed by atoms with Crippen LogP contribution in [0.25, 0.3) is 0 Å². The molecule has 2 rings (SSSR count). The van der Waals surface area contributed by atoms with Crippen molar-refractivity contribution in [2.75, 3.05) is 18.5 Å². The van der Waals surface area contributed by atoms with Crippen molar-refractivity contribution >= 4 is 25.8 Å². The number of carbonyl (C=O) groups excluding carboxylic acids is 1. The van der Waals surface area contributed by atoms with Crippen LogP contribution in [-0.2, 0) is 9.09 Å². The fraction of sp³-hybridized carbons (Fsp3) is 0.545. The smallest absolute Gasteiger partial charge is 0.364 e. The van der Waals surface area contributed by atoms with E-state index in [1.54, 1.807) is 17.7 Å². The van der Waals surface area contributed by atoms with Crippen LogP contribution >= 0.6 is 7.75 Å². The number of imidazole rings is 1. The molecule has 0 spiro atoms. The number of hydrogen-bond donors (Lipinski definition) is 3. The maximum absolute atomic E-state index is 11.4. The molecule has 0 aromatic carbocycles. The highest BCUT2D eigenvalue weighted by atomic mass is 31.2. The second-order valence-corrected chi connectivity index (χ2v) is 6.00. The number of nitrogens with zero attached hydrogens (tertiary/aromatic N) is 3. The van der Waals surface area contributed by atoms with Crippen molar-refractivity contribution in [2.45, 2.75) is 25.8 Å². The van der Waals surface area contributed by atoms with Gasteiger partial charge in [0.15, 0.2) is 0 Å². The highest BCUT2D eigenvalue weighted by Crippen LogP contribution is 2.43. The third kappa shape index (κ3) is 3.90. The fourth-order valence-corrected chi connectivity index (χ4v) is 2.82. The van der Waals surface area contributed by atoms with Crippen LogP contribution in [0.5, 0.6) is 0 Å². The van der Waals surface area contributed by atoms with Crippen molar-refractivity contribution in [3.05, 3.63) is 11.9 Å². The van der Waals surface area contributed by atoms with Gasteiger partial charge in [-0.1, -0.05) is 0 Å². The Labute approximate surface area is 121 Å². The number of nitrogens with two attached hydrogens (primary N) is 1. The third-order valence-electron chi connectivity index (χ3n) is 3.04. The summed E-state index contributed by atoms with van der Waals surface area (Å²) in [6, 6.07) is -0.00720. The average Bonchev–Trinajstić information content (AvgIpc) is 2.83. The first-order valence-electron chi connectivity index (χ1n) is 6.57. The van der Waals surface area contributed by atoms with Crippen LogP contribution in [0, 0.1) is 0 Å². The maximum Gasteiger partial charge on any atom is 0.450 e. The van der Waals surface area contributed by atoms with Gasteiger partial charge in [-0.25, -0.2) is 9.55 Å². The van der Waals surface area contributed by atoms with Gasteiger partial charge in [-0.3, -0.25) is 9.32 Å². The molecule has 0 saturated carbocycles. The number of anilines is 1. The van der Waals surface area contributed by atoms with Gasteiger partial charge in [0.1, 0.15) is 5.69 Å². The van der Waals surface area contributed by atoms with E-state index in [2.05, 4.69) is 19.6 Å². The van der Waals surface area contributed by atoms with E-state index in [1.807, 2.05) is 0 Å². The Bertz CT molecular complexity index is 599. The molecular formula is C11H18N5O4P. The van der Waals surface area contributed by atoms with Gasteiger partial charge in [0, 0.05) is 31.4 Å². The molecule has 21 heavy (non-hydrogen) atoms. The summed E-state index contributed by atoms with van der Waals surface area (Å²) in [4.78, 5) is 24.6. The molecule has 0 aliphatic carbocycles. The first-order chi connectivity index (χ1) is 9.93. The predicted molar refractivity (Wildman–Crippen MR) is 77.4 cm³/mol. The summed E-state index contributed by atoms with van der Waals surface area (Å²) in [5, 5.41) is 3.07. The van der Waals surface area contributed by atoms with Crippen LogP contribution in [0.2, 0.25) is 0 Å². The molecular weight excluding hydrogens is 297 g/mol. The van der Waals surface area contributed by atoms with Crippen LogP contribution in [0.15, 0.2) is 11.0 Å². The van der Waals surface area contributed by atoms with Gasteiger partial charge < -0.3 is 20.5 Å². The van der Waals surface area contributed by atoms with Crippen LogP contribution in [0.4, 0.5) is 5.95 Å². The molecule has 2 unspecified atom stereocenters. The van der Waals surface area contributed by atoms with Crippen molar-refractivity contribution in [1.29, 1.82) is 0 Å². The number of rotatable bonds is 6. The second kappa shape index (κ2) is 6.38. The second-order valence-electron chi connectivity index (χ2n) is 4.53. The minimum atomic E-state index is -3.90. The van der Waals surface area contributed by atoms with E-state index in [9.17, 15) is 14.3 Å². The molecule has 1 amide bonds. The van der Waals surface area contributed by atoms with Crippen molar-refractivity contribution in [3.63, 3.8) is 0 Å². The minimum Gasteiger partial charge on any atom is -0.364 e. The van der Waals surface area contributed by atoms with E-state index in [0.717, 1.165) is 6.42 Å². The summed E-state index contributed by atoms with van der Waals surface area (Å²) in [5.41, 5.74) is 5.39. The molecule has 0 bridgehead atoms. The lowest BCUT2D eigenvalue weighted by Crippen LogP contribution is -2.22. The van der Waals surface area contributed by atoms with E-state index >= 15 is 0 Å². The predicted octanol–water partition coefficient (Wildman–Crippen LogP) is 0.937. The van der Waals surface area contributed by atoms with Crippen molar-refractivity contribution in [1.82, 2.24) is 9.55 Å². The number of aromatic nitrogens is 2. The number of fused-ring (bicyclic) bond motifs is 1. The molecule has 1 aliphatic rings. The van der Waals surface area contributed by atoms with Crippen molar-refractivity contribution in [3.8, 4) is 0 Å². The van der Waals surface area contributed by atoms with Crippen molar-refractivity contribution < 1.29 is 18.8 Å². The molecule has 2 atom stereocenters. The van der Waals surface area contributed by atoms with E-state index < -0.39 is 13.7 Å². The Morgan fingerprint density at radius 1 is 1.81 bits per heavy atom. The van der Waals surface area contributed by atoms with Crippen LogP contribution < -0.4 is 11.1 Å². The number of amides is 1. The maximum atomic E-state index is 11.4. The standard InChI is InChI=1S/C11H18N5O4P/c1-2-20-21(18,19)14-6-4-8-3-5-13-11-15-9(10(12)17)7-16(8)11/h6-8H,2-5H2,1H3,(H2,12,17)(H,13,15)(H,18,19). The summed E-state index contributed by atoms with van der Waals surface area (Å²) in [7, 11) is -3.90. The van der Waals surface area contributed by atoms with Gasteiger partial charge in [0.05, 0.1) is 6.61 Å². The molecule has 0 saturated heterocycles. The quantitative estimate of drug-likeness (QED) is 0.528. The monoisotopic (exact) mass is 315 g/mol. The Hall–Kier alpha value is -1.70. The first-order valence-corrected chi connectivity index (χ1v) is 8.10. The molecule has 116 valence electrons. The van der Waals surface area contributed by atoms with Gasteiger partial charge in [-0.2, -0.15) is 4.76 Å². The number of hydrogen-bond acceptors (Lipinski definition) is 5. The van der Waals surface area contributed by atoms with Gasteiger partial charge in [-0.15, -0.1) is 0 Å². The minimum absolute atomic E-state index is 0.00720. The van der Waals surface area contributed by atoms with E-state index in [1.165, 1.54) is 6.21 Å². The largest absolute Gasteiger partial charge is 0.450 e. The number of primary amides is 1. The average molecular weight is 315 g/mol. The summed E-state index contributed by atoms with van der Waals surface area (Å²) in [5.74, 6) is -0.0345. The lowest BCUT2D eigenvalue weighted by atomic mass is 10.1. The van der Waals surface area contributed by atoms with Crippen LogP contribution in [0.1, 0.15) is 36.3 Å². The Morgan fingerprint density at radius 3 is 3.24 bits per heavy atom. The van der Waals surface area contributed by atoms with Gasteiger partial charge >= 0.3 is 7.75 Å². The van der Waals surface area contributed by atoms with Gasteiger partial charge in [-0.05, 0) is 13.3 Å². The number of nitrogens with one attached hydrogen (secondary N) is 1. The summed E-state index contributed by atoms with van der Waals surface area (Å²) in [6.07, 6.45) is 4.16. The SMILES string of the molecule is CCOP(=O)(O)N=CCC1CCNc2nc(C(N)=O)cn21. The molecule has 1 aromatic rings. The number of carbonyl (C=O) groups is 1. The molecule has 1 aliphatic heterocycles. The highest BCUT2D eigenvalue weighted by Gasteiger charge is 2.22. The molecule has 2 heterocycles. The zero-order valence-corrected chi connectivity index (χ0v) is 12.5. The summed E-state index contributed by atoms with van der Waals surface area (Å²) in [6.45, 7) is 2.43. The van der Waals surface area contributed by atoms with Crippen LogP contribution in [-0.4, -0.2) is 39.7 Å². The fourth-order valence-electron chi connectivity index (χ4n) is 2.12. The summed E-state index contributed by atoms with van der Waals surface area (Å²) >= 11 is 0. The molecule has 9 nitrogen and oxygen atoms in total. The van der Waals surface area contributed by atoms with E-state index in [0.29, 0.717) is 18.9 Å².